The molecule has 1 N–H and O–H groups in total. The number of dihydropyridines is 1. The van der Waals surface area contributed by atoms with Crippen LogP contribution in [0.2, 0.25) is 0 Å². The minimum atomic E-state index is -0.480. The molecule has 0 unspecified atom stereocenters. The third-order valence-corrected chi connectivity index (χ3v) is 7.01. The molecule has 1 atom stereocenters. The molecule has 3 aliphatic rings. The second-order valence-electron chi connectivity index (χ2n) is 9.08. The fourth-order valence-electron chi connectivity index (χ4n) is 5.29. The predicted molar refractivity (Wildman–Crippen MR) is 134 cm³/mol. The molecule has 0 amide bonds. The zero-order valence-electron chi connectivity index (χ0n) is 19.7. The summed E-state index contributed by atoms with van der Waals surface area (Å²) in [6, 6.07) is 21.3. The summed E-state index contributed by atoms with van der Waals surface area (Å²) in [6.45, 7) is 0. The highest BCUT2D eigenvalue weighted by Gasteiger charge is 2.43. The summed E-state index contributed by atoms with van der Waals surface area (Å²) in [5, 5.41) is 3.44. The van der Waals surface area contributed by atoms with E-state index in [-0.39, 0.29) is 11.6 Å². The van der Waals surface area contributed by atoms with E-state index < -0.39 is 11.9 Å². The molecule has 0 spiro atoms. The fraction of sp³-hybridized carbons (Fsp3) is 0.167. The van der Waals surface area contributed by atoms with Gasteiger partial charge in [0.05, 0.1) is 18.4 Å². The maximum Gasteiger partial charge on any atom is 0.343 e. The smallest absolute Gasteiger partial charge is 0.343 e. The number of hydrogen-bond acceptors (Lipinski definition) is 6. The molecule has 1 heterocycles. The molecule has 0 radical (unpaired) electrons. The molecule has 3 aromatic carbocycles. The van der Waals surface area contributed by atoms with Gasteiger partial charge in [-0.1, -0.05) is 36.4 Å². The molecule has 6 nitrogen and oxygen atoms in total. The van der Waals surface area contributed by atoms with Crippen LogP contribution >= 0.6 is 0 Å². The van der Waals surface area contributed by atoms with Gasteiger partial charge in [0.25, 0.3) is 0 Å². The first-order valence-electron chi connectivity index (χ1n) is 11.9. The molecule has 0 saturated heterocycles. The fourth-order valence-corrected chi connectivity index (χ4v) is 5.29. The Kier molecular flexibility index (Phi) is 5.29. The highest BCUT2D eigenvalue weighted by Crippen LogP contribution is 2.48. The third kappa shape index (κ3) is 3.53. The monoisotopic (exact) mass is 477 g/mol. The Morgan fingerprint density at radius 2 is 1.53 bits per heavy atom. The molecule has 0 fully saturated rings. The number of carbonyl (C=O) groups is 3. The standard InChI is InChI=1S/C30H23NO5/c1-35-19-13-11-18(12-14-19)30(34)36-20-15-9-17(10-16-20)25-26-23(7-4-8-24(26)32)31-28-21-5-2-3-6-22(21)29(33)27(25)28/h2-3,5-6,9-16,25,31H,4,7-8H2,1H3/t25-/m1/s1. The lowest BCUT2D eigenvalue weighted by molar-refractivity contribution is -0.116. The summed E-state index contributed by atoms with van der Waals surface area (Å²) in [5.41, 5.74) is 5.72. The Labute approximate surface area is 208 Å². The summed E-state index contributed by atoms with van der Waals surface area (Å²) in [6.07, 6.45) is 2.02. The average molecular weight is 478 g/mol. The van der Waals surface area contributed by atoms with Crippen molar-refractivity contribution in [2.45, 2.75) is 25.2 Å². The van der Waals surface area contributed by atoms with Gasteiger partial charge in [-0.3, -0.25) is 9.59 Å². The van der Waals surface area contributed by atoms with Gasteiger partial charge < -0.3 is 14.8 Å². The quantitative estimate of drug-likeness (QED) is 0.410. The number of fused-ring (bicyclic) bond motifs is 2. The highest BCUT2D eigenvalue weighted by atomic mass is 16.5. The number of rotatable bonds is 4. The van der Waals surface area contributed by atoms with E-state index in [0.29, 0.717) is 40.2 Å². The number of nitrogens with one attached hydrogen (secondary N) is 1. The Bertz CT molecular complexity index is 1480. The lowest BCUT2D eigenvalue weighted by Crippen LogP contribution is -2.31. The molecule has 0 saturated carbocycles. The second kappa shape index (κ2) is 8.64. The van der Waals surface area contributed by atoms with Crippen LogP contribution in [0.4, 0.5) is 0 Å². The van der Waals surface area contributed by atoms with Crippen LogP contribution in [0.15, 0.2) is 89.6 Å². The van der Waals surface area contributed by atoms with Crippen LogP contribution in [0, 0.1) is 0 Å². The van der Waals surface area contributed by atoms with Crippen LogP contribution < -0.4 is 14.8 Å². The minimum Gasteiger partial charge on any atom is -0.497 e. The highest BCUT2D eigenvalue weighted by molar-refractivity contribution is 6.23. The minimum absolute atomic E-state index is 0.0574. The topological polar surface area (TPSA) is 81.7 Å². The van der Waals surface area contributed by atoms with Crippen LogP contribution in [0.3, 0.4) is 0 Å². The van der Waals surface area contributed by atoms with Crippen LogP contribution in [-0.4, -0.2) is 24.6 Å². The molecule has 36 heavy (non-hydrogen) atoms. The van der Waals surface area contributed by atoms with Gasteiger partial charge in [-0.2, -0.15) is 0 Å². The van der Waals surface area contributed by atoms with Gasteiger partial charge in [0.2, 0.25) is 0 Å². The Balaban J connectivity index is 1.34. The molecular weight excluding hydrogens is 454 g/mol. The van der Waals surface area contributed by atoms with Crippen LogP contribution in [0.5, 0.6) is 11.5 Å². The predicted octanol–water partition coefficient (Wildman–Crippen LogP) is 5.22. The van der Waals surface area contributed by atoms with E-state index in [4.69, 9.17) is 9.47 Å². The van der Waals surface area contributed by atoms with Crippen LogP contribution in [0.1, 0.15) is 57.0 Å². The third-order valence-electron chi connectivity index (χ3n) is 7.01. The number of ketones is 2. The van der Waals surface area contributed by atoms with E-state index in [1.807, 2.05) is 36.4 Å². The molecule has 6 rings (SSSR count). The van der Waals surface area contributed by atoms with E-state index in [2.05, 4.69) is 5.32 Å². The second-order valence-corrected chi connectivity index (χ2v) is 9.08. The van der Waals surface area contributed by atoms with Crippen molar-refractivity contribution in [3.63, 3.8) is 0 Å². The number of allylic oxidation sites excluding steroid dienone is 3. The zero-order chi connectivity index (χ0) is 24.8. The summed E-state index contributed by atoms with van der Waals surface area (Å²) >= 11 is 0. The van der Waals surface area contributed by atoms with Crippen molar-refractivity contribution >= 4 is 23.2 Å². The van der Waals surface area contributed by atoms with E-state index >= 15 is 0 Å². The van der Waals surface area contributed by atoms with Gasteiger partial charge in [-0.15, -0.1) is 0 Å². The summed E-state index contributed by atoms with van der Waals surface area (Å²) in [5.74, 6) is 0.104. The first-order valence-corrected chi connectivity index (χ1v) is 11.9. The molecule has 3 aromatic rings. The van der Waals surface area contributed by atoms with E-state index in [1.54, 1.807) is 43.5 Å². The molecule has 2 aliphatic carbocycles. The largest absolute Gasteiger partial charge is 0.497 e. The zero-order valence-corrected chi connectivity index (χ0v) is 19.7. The number of hydrogen-bond donors (Lipinski definition) is 1. The average Bonchev–Trinajstić information content (AvgIpc) is 3.20. The number of esters is 1. The maximum atomic E-state index is 13.5. The summed E-state index contributed by atoms with van der Waals surface area (Å²) in [4.78, 5) is 39.2. The Hall–Kier alpha value is -4.45. The lowest BCUT2D eigenvalue weighted by atomic mass is 9.75. The van der Waals surface area contributed by atoms with Crippen molar-refractivity contribution in [3.05, 3.63) is 112 Å². The number of carbonyl (C=O) groups excluding carboxylic acids is 3. The Morgan fingerprint density at radius 1 is 0.833 bits per heavy atom. The van der Waals surface area contributed by atoms with Crippen molar-refractivity contribution in [1.29, 1.82) is 0 Å². The SMILES string of the molecule is COc1ccc(C(=O)Oc2ccc([C@@H]3C4=C(CCCC4=O)NC4=C3C(=O)c3ccccc34)cc2)cc1. The first-order chi connectivity index (χ1) is 17.5. The Morgan fingerprint density at radius 3 is 2.25 bits per heavy atom. The van der Waals surface area contributed by atoms with Gasteiger partial charge in [0, 0.05) is 40.3 Å². The summed E-state index contributed by atoms with van der Waals surface area (Å²) in [7, 11) is 1.56. The molecule has 6 heteroatoms. The van der Waals surface area contributed by atoms with Gasteiger partial charge in [-0.25, -0.2) is 4.79 Å². The van der Waals surface area contributed by atoms with Gasteiger partial charge in [0.15, 0.2) is 11.6 Å². The van der Waals surface area contributed by atoms with E-state index in [0.717, 1.165) is 35.4 Å². The van der Waals surface area contributed by atoms with Gasteiger partial charge in [-0.05, 0) is 54.8 Å². The van der Waals surface area contributed by atoms with Gasteiger partial charge >= 0.3 is 5.97 Å². The first kappa shape index (κ1) is 22.0. The van der Waals surface area contributed by atoms with Crippen molar-refractivity contribution in [2.24, 2.45) is 0 Å². The number of Topliss-reactive ketones (excluding diaryl/α,β-unsaturated/α-hetero) is 2. The van der Waals surface area contributed by atoms with Crippen LogP contribution in [-0.2, 0) is 4.79 Å². The van der Waals surface area contributed by atoms with Crippen molar-refractivity contribution in [2.75, 3.05) is 7.11 Å². The van der Waals surface area contributed by atoms with Crippen molar-refractivity contribution in [1.82, 2.24) is 5.32 Å². The molecule has 0 bridgehead atoms. The molecular formula is C30H23NO5. The molecule has 0 aromatic heterocycles. The molecule has 1 aliphatic heterocycles. The van der Waals surface area contributed by atoms with Crippen LogP contribution in [0.25, 0.3) is 5.70 Å². The maximum absolute atomic E-state index is 13.5. The number of methoxy groups -OCH3 is 1. The number of benzene rings is 3. The molecule has 178 valence electrons. The van der Waals surface area contributed by atoms with Crippen molar-refractivity contribution in [3.8, 4) is 11.5 Å². The van der Waals surface area contributed by atoms with Gasteiger partial charge in [0.1, 0.15) is 11.5 Å². The normalized spacial score (nSPS) is 18.3. The number of ether oxygens (including phenoxy) is 2. The van der Waals surface area contributed by atoms with Crippen molar-refractivity contribution < 1.29 is 23.9 Å². The summed E-state index contributed by atoms with van der Waals surface area (Å²) < 4.78 is 10.7. The van der Waals surface area contributed by atoms with E-state index in [1.165, 1.54) is 0 Å². The van der Waals surface area contributed by atoms with E-state index in [9.17, 15) is 14.4 Å². The lowest BCUT2D eigenvalue weighted by Gasteiger charge is -2.33.